The molecule has 0 radical (unpaired) electrons. The fourth-order valence-electron chi connectivity index (χ4n) is 6.38. The van der Waals surface area contributed by atoms with Crippen molar-refractivity contribution < 1.29 is 27.6 Å². The van der Waals surface area contributed by atoms with E-state index >= 15 is 0 Å². The number of thiol groups is 1. The van der Waals surface area contributed by atoms with Crippen molar-refractivity contribution in [3.8, 4) is 12.1 Å². The van der Waals surface area contributed by atoms with Crippen molar-refractivity contribution in [1.29, 1.82) is 10.5 Å². The molecule has 0 aliphatic rings. The number of ether oxygens (including phenoxy) is 2. The molecular formula is C41H61B2N5O6P2S2. The summed E-state index contributed by atoms with van der Waals surface area (Å²) < 4.78 is 38.6. The fourth-order valence-corrected chi connectivity index (χ4v) is 10.4. The lowest BCUT2D eigenvalue weighted by Crippen LogP contribution is -2.45. The first-order valence-electron chi connectivity index (χ1n) is 20.0. The summed E-state index contributed by atoms with van der Waals surface area (Å²) in [5.74, 6) is 0. The molecule has 2 N–H and O–H groups in total. The zero-order valence-electron chi connectivity index (χ0n) is 34.9. The summed E-state index contributed by atoms with van der Waals surface area (Å²) in [5, 5.41) is 25.3. The summed E-state index contributed by atoms with van der Waals surface area (Å²) in [7, 11) is 2.63. The lowest BCUT2D eigenvalue weighted by Gasteiger charge is -2.37. The third-order valence-corrected chi connectivity index (χ3v) is 14.0. The molecule has 3 unspecified atom stereocenters. The van der Waals surface area contributed by atoms with E-state index < -0.39 is 26.1 Å². The topological polar surface area (TPSA) is 130 Å². The summed E-state index contributed by atoms with van der Waals surface area (Å²) in [5.41, 5.74) is 2.44. The molecule has 3 aromatic rings. The van der Waals surface area contributed by atoms with Crippen LogP contribution in [-0.2, 0) is 44.9 Å². The van der Waals surface area contributed by atoms with E-state index in [0.717, 1.165) is 23.1 Å². The monoisotopic (exact) mass is 867 g/mol. The maximum atomic E-state index is 9.11. The van der Waals surface area contributed by atoms with Gasteiger partial charge in [-0.25, -0.2) is 9.76 Å². The van der Waals surface area contributed by atoms with Crippen LogP contribution in [0, 0.1) is 22.7 Å². The van der Waals surface area contributed by atoms with E-state index in [1.807, 2.05) is 26.0 Å². The molecule has 0 saturated carbocycles. The number of benzene rings is 3. The van der Waals surface area contributed by atoms with Crippen LogP contribution in [0.3, 0.4) is 0 Å². The molecule has 0 aliphatic heterocycles. The van der Waals surface area contributed by atoms with Crippen molar-refractivity contribution in [3.63, 3.8) is 0 Å². The summed E-state index contributed by atoms with van der Waals surface area (Å²) in [6.07, 6.45) is 1.86. The highest BCUT2D eigenvalue weighted by atomic mass is 32.5. The van der Waals surface area contributed by atoms with Crippen LogP contribution < -0.4 is 10.4 Å². The van der Waals surface area contributed by atoms with Gasteiger partial charge < -0.3 is 27.6 Å². The van der Waals surface area contributed by atoms with Crippen LogP contribution in [0.15, 0.2) is 91.0 Å². The maximum absolute atomic E-state index is 9.11. The average Bonchev–Trinajstić information content (AvgIpc) is 3.21. The van der Waals surface area contributed by atoms with E-state index in [2.05, 4.69) is 148 Å². The van der Waals surface area contributed by atoms with Crippen LogP contribution in [0.5, 0.6) is 0 Å². The maximum Gasteiger partial charge on any atom is 0.261 e. The van der Waals surface area contributed by atoms with Gasteiger partial charge in [0.15, 0.2) is 0 Å². The van der Waals surface area contributed by atoms with Crippen molar-refractivity contribution in [1.82, 2.24) is 15.1 Å². The second-order valence-corrected chi connectivity index (χ2v) is 19.6. The smallest absolute Gasteiger partial charge is 0.261 e. The van der Waals surface area contributed by atoms with Crippen LogP contribution in [0.2, 0.25) is 0 Å². The molecule has 3 aromatic carbocycles. The van der Waals surface area contributed by atoms with Gasteiger partial charge in [0.2, 0.25) is 0 Å². The van der Waals surface area contributed by atoms with Gasteiger partial charge in [0.25, 0.3) is 15.2 Å². The van der Waals surface area contributed by atoms with Crippen LogP contribution >= 0.6 is 27.8 Å². The minimum Gasteiger partial charge on any atom is -0.385 e. The van der Waals surface area contributed by atoms with Crippen molar-refractivity contribution in [2.45, 2.75) is 88.4 Å². The zero-order chi connectivity index (χ0) is 42.2. The Labute approximate surface area is 361 Å². The van der Waals surface area contributed by atoms with E-state index in [1.54, 1.807) is 0 Å². The Kier molecular flexibility index (Phi) is 23.9. The van der Waals surface area contributed by atoms with Crippen LogP contribution in [0.1, 0.15) is 70.1 Å². The van der Waals surface area contributed by atoms with Gasteiger partial charge in [0.05, 0.1) is 63.6 Å². The van der Waals surface area contributed by atoms with E-state index in [0.29, 0.717) is 39.1 Å². The molecule has 0 saturated heterocycles. The Morgan fingerprint density at radius 3 is 1.76 bits per heavy atom. The van der Waals surface area contributed by atoms with Crippen molar-refractivity contribution in [3.05, 3.63) is 108 Å². The highest BCUT2D eigenvalue weighted by molar-refractivity contribution is 8.08. The summed E-state index contributed by atoms with van der Waals surface area (Å²) in [6.45, 7) is 7.87. The minimum atomic E-state index is -2.92. The molecule has 0 amide bonds. The van der Waals surface area contributed by atoms with Gasteiger partial charge in [-0.3, -0.25) is 5.32 Å². The number of hydrogen-bond acceptors (Lipinski definition) is 12. The lowest BCUT2D eigenvalue weighted by molar-refractivity contribution is 0.0465. The van der Waals surface area contributed by atoms with Crippen molar-refractivity contribution >= 4 is 55.3 Å². The summed E-state index contributed by atoms with van der Waals surface area (Å²) in [4.78, 5) is 0. The van der Waals surface area contributed by atoms with Crippen molar-refractivity contribution in [2.24, 2.45) is 0 Å². The molecule has 0 heterocycles. The number of nitriles is 2. The molecule has 0 fully saturated rings. The average molecular weight is 868 g/mol. The van der Waals surface area contributed by atoms with Crippen LogP contribution in [-0.4, -0.2) is 96.0 Å². The van der Waals surface area contributed by atoms with Gasteiger partial charge in [0, 0.05) is 30.6 Å². The van der Waals surface area contributed by atoms with Gasteiger partial charge in [-0.2, -0.15) is 10.5 Å². The number of nitrogens with one attached hydrogen (secondary N) is 2. The first-order chi connectivity index (χ1) is 28.0. The molecule has 0 aliphatic carbocycles. The predicted octanol–water partition coefficient (Wildman–Crippen LogP) is 6.61. The Balaban J connectivity index is 1.50. The molecule has 3 rings (SSSR count). The van der Waals surface area contributed by atoms with E-state index in [1.165, 1.54) is 0 Å². The Morgan fingerprint density at radius 2 is 1.24 bits per heavy atom. The van der Waals surface area contributed by atoms with Gasteiger partial charge in [-0.05, 0) is 75.6 Å². The number of nitrogens with zero attached hydrogens (tertiary/aromatic N) is 3. The van der Waals surface area contributed by atoms with Gasteiger partial charge in [0.1, 0.15) is 21.1 Å². The van der Waals surface area contributed by atoms with E-state index in [9.17, 15) is 0 Å². The standard InChI is InChI=1S/C41H61B2N5O6P2S2/c1-33(2)48(34(3)4)55(50-28-14-24-44)51-32-40(57)54-39(43)23-27-47-56(58,52-29-15-25-45)53-31-30-49-38(42)22-26-46-41(35-16-8-5-9-17-35,36-18-10-6-11-19-36)37-20-12-7-13-21-37/h5-13,16-21,33-34,38-40,46,57H,14-15,22-23,26-32,42-43H2,1-4H3,(H,47,58)/t38-,39?,40+,55?,56?/m1/s1. The minimum absolute atomic E-state index is 0.0583. The van der Waals surface area contributed by atoms with E-state index in [4.69, 9.17) is 49.9 Å². The van der Waals surface area contributed by atoms with E-state index in [-0.39, 0.29) is 50.3 Å². The molecule has 0 aromatic heterocycles. The Morgan fingerprint density at radius 1 is 0.741 bits per heavy atom. The highest BCUT2D eigenvalue weighted by Crippen LogP contribution is 2.46. The molecule has 17 heteroatoms. The summed E-state index contributed by atoms with van der Waals surface area (Å²) in [6, 6.07) is 36.0. The fraction of sp³-hybridized carbons (Fsp3) is 0.512. The highest BCUT2D eigenvalue weighted by Gasteiger charge is 2.36. The molecular weight excluding hydrogens is 806 g/mol. The van der Waals surface area contributed by atoms with Crippen molar-refractivity contribution in [2.75, 3.05) is 46.1 Å². The Hall–Kier alpha value is -2.16. The molecule has 58 heavy (non-hydrogen) atoms. The number of hydrogen-bond donors (Lipinski definition) is 3. The molecule has 11 nitrogen and oxygen atoms in total. The van der Waals surface area contributed by atoms with Gasteiger partial charge in [-0.1, -0.05) is 91.0 Å². The third kappa shape index (κ3) is 17.1. The summed E-state index contributed by atoms with van der Waals surface area (Å²) >= 11 is 10.5. The van der Waals surface area contributed by atoms with Crippen LogP contribution in [0.4, 0.5) is 0 Å². The molecule has 5 atom stereocenters. The van der Waals surface area contributed by atoms with Gasteiger partial charge in [-0.15, -0.1) is 12.6 Å². The van der Waals surface area contributed by atoms with Crippen LogP contribution in [0.25, 0.3) is 0 Å². The quantitative estimate of drug-likeness (QED) is 0.0167. The second-order valence-electron chi connectivity index (χ2n) is 14.3. The SMILES string of the molecule is BC(CCNP(=S)(OCCC#N)OCCO[C@@H](B)CCNC(c1ccccc1)(c1ccccc1)c1ccccc1)O[C@@H](S)COP(OCCC#N)N(C(C)C)C(C)C. The third-order valence-electron chi connectivity index (χ3n) is 9.02. The first-order valence-corrected chi connectivity index (χ1v) is 24.3. The predicted molar refractivity (Wildman–Crippen MR) is 247 cm³/mol. The first kappa shape index (κ1) is 50.2. The Bertz CT molecular complexity index is 1590. The normalized spacial score (nSPS) is 15.1. The van der Waals surface area contributed by atoms with Gasteiger partial charge >= 0.3 is 0 Å². The largest absolute Gasteiger partial charge is 0.385 e. The number of rotatable bonds is 30. The molecule has 314 valence electrons. The zero-order valence-corrected chi connectivity index (χ0v) is 38.4. The molecule has 0 bridgehead atoms. The molecule has 0 spiro atoms. The second kappa shape index (κ2) is 27.6. The lowest BCUT2D eigenvalue weighted by atomic mass is 9.77.